The second kappa shape index (κ2) is 8.78. The van der Waals surface area contributed by atoms with Crippen LogP contribution in [0.4, 0.5) is 5.69 Å². The molecule has 0 radical (unpaired) electrons. The average Bonchev–Trinajstić information content (AvgIpc) is 3.42. The third kappa shape index (κ3) is 4.52. The molecule has 2 fully saturated rings. The van der Waals surface area contributed by atoms with Gasteiger partial charge in [0.25, 0.3) is 5.91 Å². The first-order chi connectivity index (χ1) is 18.0. The number of para-hydroxylation sites is 2. The molecule has 2 N–H and O–H groups in total. The third-order valence-corrected chi connectivity index (χ3v) is 9.79. The Hall–Kier alpha value is -3.49. The van der Waals surface area contributed by atoms with E-state index in [9.17, 15) is 13.2 Å². The second-order valence-corrected chi connectivity index (χ2v) is 13.8. The lowest BCUT2D eigenvalue weighted by Crippen LogP contribution is -2.37. The minimum absolute atomic E-state index is 0.0101. The first-order valence-corrected chi connectivity index (χ1v) is 14.4. The van der Waals surface area contributed by atoms with Crippen molar-refractivity contribution in [2.45, 2.75) is 51.0 Å². The minimum atomic E-state index is -3.64. The molecule has 2 atom stereocenters. The molecule has 2 aliphatic rings. The van der Waals surface area contributed by atoms with Gasteiger partial charge >= 0.3 is 0 Å². The number of rotatable bonds is 5. The zero-order valence-electron chi connectivity index (χ0n) is 21.9. The van der Waals surface area contributed by atoms with Gasteiger partial charge in [0.05, 0.1) is 15.9 Å². The Morgan fingerprint density at radius 1 is 1.00 bits per heavy atom. The van der Waals surface area contributed by atoms with Gasteiger partial charge in [0.15, 0.2) is 0 Å². The van der Waals surface area contributed by atoms with Crippen molar-refractivity contribution >= 4 is 32.7 Å². The smallest absolute Gasteiger partial charge is 0.255 e. The van der Waals surface area contributed by atoms with E-state index < -0.39 is 10.0 Å². The lowest BCUT2D eigenvalue weighted by Gasteiger charge is -2.39. The monoisotopic (exact) mass is 528 g/mol. The Kier molecular flexibility index (Phi) is 5.74. The van der Waals surface area contributed by atoms with Crippen molar-refractivity contribution in [1.82, 2.24) is 14.3 Å². The molecule has 1 aliphatic heterocycles. The predicted molar refractivity (Wildman–Crippen MR) is 149 cm³/mol. The molecule has 2 bridgehead atoms. The lowest BCUT2D eigenvalue weighted by atomic mass is 9.65. The van der Waals surface area contributed by atoms with Gasteiger partial charge < -0.3 is 10.3 Å². The van der Waals surface area contributed by atoms with E-state index in [1.54, 1.807) is 28.6 Å². The number of amides is 1. The quantitative estimate of drug-likeness (QED) is 0.329. The standard InChI is InChI=1S/C30H32N4O3S/c1-29(2)16-23-17-30(3,18-29)19-34(23)38(36,37)24-13-11-20(12-14-24)28(35)31-22-8-6-7-21(15-22)27-32-25-9-4-5-10-26(25)33-27/h4-15,23H,16-19H2,1-3H3,(H,31,35)(H,32,33)/t23-,30+/m1/s1. The van der Waals surface area contributed by atoms with E-state index >= 15 is 0 Å². The Morgan fingerprint density at radius 2 is 1.76 bits per heavy atom. The summed E-state index contributed by atoms with van der Waals surface area (Å²) < 4.78 is 28.8. The number of H-pyrrole nitrogens is 1. The van der Waals surface area contributed by atoms with Crippen molar-refractivity contribution in [3.05, 3.63) is 78.4 Å². The number of hydrogen-bond donors (Lipinski definition) is 2. The van der Waals surface area contributed by atoms with Crippen molar-refractivity contribution in [2.75, 3.05) is 11.9 Å². The van der Waals surface area contributed by atoms with Gasteiger partial charge in [-0.1, -0.05) is 45.0 Å². The summed E-state index contributed by atoms with van der Waals surface area (Å²) in [5, 5.41) is 2.92. The molecule has 1 saturated heterocycles. The molecule has 1 saturated carbocycles. The van der Waals surface area contributed by atoms with Gasteiger partial charge in [-0.15, -0.1) is 0 Å². The molecule has 4 aromatic rings. The molecular formula is C30H32N4O3S. The fraction of sp³-hybridized carbons (Fsp3) is 0.333. The number of aromatic amines is 1. The fourth-order valence-corrected chi connectivity index (χ4v) is 8.41. The van der Waals surface area contributed by atoms with E-state index in [0.717, 1.165) is 41.7 Å². The van der Waals surface area contributed by atoms with Gasteiger partial charge in [-0.2, -0.15) is 4.31 Å². The summed E-state index contributed by atoms with van der Waals surface area (Å²) in [4.78, 5) is 21.2. The summed E-state index contributed by atoms with van der Waals surface area (Å²) >= 11 is 0. The number of carbonyl (C=O) groups is 1. The van der Waals surface area contributed by atoms with E-state index in [1.165, 1.54) is 0 Å². The van der Waals surface area contributed by atoms with Gasteiger partial charge in [-0.3, -0.25) is 4.79 Å². The molecule has 7 nitrogen and oxygen atoms in total. The summed E-state index contributed by atoms with van der Waals surface area (Å²) in [6.45, 7) is 7.21. The average molecular weight is 529 g/mol. The molecule has 3 aromatic carbocycles. The highest BCUT2D eigenvalue weighted by Crippen LogP contribution is 2.53. The SMILES string of the molecule is CC1(C)C[C@@H]2C[C@](C)(CN2S(=O)(=O)c2ccc(C(=O)Nc3cccc(-c4nc5ccccc5[nH]4)c3)cc2)C1. The first kappa shape index (κ1) is 24.8. The predicted octanol–water partition coefficient (Wildman–Crippen LogP) is 6.07. The van der Waals surface area contributed by atoms with Gasteiger partial charge in [0.1, 0.15) is 5.82 Å². The molecule has 1 amide bonds. The number of carbonyl (C=O) groups excluding carboxylic acids is 1. The zero-order valence-corrected chi connectivity index (χ0v) is 22.7. The summed E-state index contributed by atoms with van der Waals surface area (Å²) in [6, 6.07) is 21.6. The third-order valence-electron chi connectivity index (χ3n) is 7.87. The van der Waals surface area contributed by atoms with Gasteiger partial charge in [0.2, 0.25) is 10.0 Å². The minimum Gasteiger partial charge on any atom is -0.338 e. The Morgan fingerprint density at radius 3 is 2.53 bits per heavy atom. The number of sulfonamides is 1. The molecule has 1 aromatic heterocycles. The van der Waals surface area contributed by atoms with E-state index in [2.05, 4.69) is 36.1 Å². The molecule has 38 heavy (non-hydrogen) atoms. The maximum absolute atomic E-state index is 13.6. The maximum Gasteiger partial charge on any atom is 0.255 e. The molecule has 8 heteroatoms. The highest BCUT2D eigenvalue weighted by Gasteiger charge is 2.53. The second-order valence-electron chi connectivity index (χ2n) is 11.9. The van der Waals surface area contributed by atoms with Crippen LogP contribution in [-0.4, -0.2) is 41.2 Å². The van der Waals surface area contributed by atoms with Crippen LogP contribution < -0.4 is 5.32 Å². The first-order valence-electron chi connectivity index (χ1n) is 13.0. The molecular weight excluding hydrogens is 496 g/mol. The van der Waals surface area contributed by atoms with E-state index in [1.807, 2.05) is 48.5 Å². The zero-order chi connectivity index (χ0) is 26.7. The van der Waals surface area contributed by atoms with Crippen molar-refractivity contribution in [1.29, 1.82) is 0 Å². The van der Waals surface area contributed by atoms with Crippen LogP contribution in [0.25, 0.3) is 22.4 Å². The molecule has 196 valence electrons. The number of anilines is 1. The maximum atomic E-state index is 13.6. The lowest BCUT2D eigenvalue weighted by molar-refractivity contribution is 0.102. The normalized spacial score (nSPS) is 23.0. The van der Waals surface area contributed by atoms with E-state index in [-0.39, 0.29) is 27.7 Å². The highest BCUT2D eigenvalue weighted by atomic mass is 32.2. The fourth-order valence-electron chi connectivity index (χ4n) is 6.64. The highest BCUT2D eigenvalue weighted by molar-refractivity contribution is 7.89. The van der Waals surface area contributed by atoms with E-state index in [0.29, 0.717) is 17.8 Å². The van der Waals surface area contributed by atoms with E-state index in [4.69, 9.17) is 0 Å². The van der Waals surface area contributed by atoms with Crippen LogP contribution in [0.5, 0.6) is 0 Å². The molecule has 1 aliphatic carbocycles. The summed E-state index contributed by atoms with van der Waals surface area (Å²) in [5.74, 6) is 0.419. The van der Waals surface area contributed by atoms with Crippen molar-refractivity contribution in [3.63, 3.8) is 0 Å². The summed E-state index contributed by atoms with van der Waals surface area (Å²) in [7, 11) is -3.64. The number of nitrogens with one attached hydrogen (secondary N) is 2. The Balaban J connectivity index is 1.18. The van der Waals surface area contributed by atoms with Crippen LogP contribution in [0.2, 0.25) is 0 Å². The largest absolute Gasteiger partial charge is 0.338 e. The number of benzene rings is 3. The van der Waals surface area contributed by atoms with Gasteiger partial charge in [-0.25, -0.2) is 13.4 Å². The number of fused-ring (bicyclic) bond motifs is 3. The molecule has 6 rings (SSSR count). The molecule has 0 spiro atoms. The topological polar surface area (TPSA) is 95.2 Å². The van der Waals surface area contributed by atoms with Crippen LogP contribution in [0.15, 0.2) is 77.7 Å². The van der Waals surface area contributed by atoms with Gasteiger partial charge in [0, 0.05) is 29.4 Å². The Labute approximate surface area is 223 Å². The molecule has 0 unspecified atom stereocenters. The van der Waals surface area contributed by atoms with Gasteiger partial charge in [-0.05, 0) is 78.6 Å². The van der Waals surface area contributed by atoms with Crippen molar-refractivity contribution < 1.29 is 13.2 Å². The van der Waals surface area contributed by atoms with Crippen molar-refractivity contribution in [2.24, 2.45) is 10.8 Å². The van der Waals surface area contributed by atoms with Crippen LogP contribution in [0, 0.1) is 10.8 Å². The number of nitrogens with zero attached hydrogens (tertiary/aromatic N) is 2. The summed E-state index contributed by atoms with van der Waals surface area (Å²) in [5.41, 5.74) is 3.84. The Bertz CT molecular complexity index is 1610. The number of hydrogen-bond acceptors (Lipinski definition) is 4. The van der Waals surface area contributed by atoms with Crippen LogP contribution >= 0.6 is 0 Å². The van der Waals surface area contributed by atoms with Crippen LogP contribution in [0.1, 0.15) is 50.4 Å². The van der Waals surface area contributed by atoms with Crippen molar-refractivity contribution in [3.8, 4) is 11.4 Å². The summed E-state index contributed by atoms with van der Waals surface area (Å²) in [6.07, 6.45) is 2.80. The van der Waals surface area contributed by atoms with Crippen LogP contribution in [0.3, 0.4) is 0 Å². The van der Waals surface area contributed by atoms with Crippen LogP contribution in [-0.2, 0) is 10.0 Å². The number of imidazole rings is 1. The number of aromatic nitrogens is 2. The molecule has 2 heterocycles.